The molecular weight excluding hydrogens is 266 g/mol. The van der Waals surface area contributed by atoms with Crippen LogP contribution in [0.1, 0.15) is 12.7 Å². The first kappa shape index (κ1) is 14.3. The van der Waals surface area contributed by atoms with Crippen LogP contribution in [0.15, 0.2) is 28.7 Å². The van der Waals surface area contributed by atoms with E-state index in [9.17, 15) is 5.11 Å². The minimum atomic E-state index is -1.07. The van der Waals surface area contributed by atoms with E-state index < -0.39 is 5.60 Å². The third-order valence-electron chi connectivity index (χ3n) is 2.96. The summed E-state index contributed by atoms with van der Waals surface area (Å²) < 4.78 is 10.6. The Kier molecular flexibility index (Phi) is 4.47. The molecule has 0 bridgehead atoms. The van der Waals surface area contributed by atoms with E-state index in [-0.39, 0.29) is 0 Å². The van der Waals surface area contributed by atoms with E-state index in [1.807, 2.05) is 12.1 Å². The number of aliphatic hydroxyl groups is 1. The van der Waals surface area contributed by atoms with Gasteiger partial charge in [0.1, 0.15) is 16.9 Å². The number of furan rings is 1. The third-order valence-corrected chi connectivity index (χ3v) is 3.20. The van der Waals surface area contributed by atoms with Crippen molar-refractivity contribution in [3.8, 4) is 0 Å². The number of benzene rings is 1. The van der Waals surface area contributed by atoms with E-state index in [2.05, 4.69) is 5.32 Å². The number of ether oxygens (including phenoxy) is 1. The Morgan fingerprint density at radius 1 is 1.42 bits per heavy atom. The Labute approximate surface area is 117 Å². The van der Waals surface area contributed by atoms with Crippen LogP contribution in [0.5, 0.6) is 0 Å². The molecule has 0 spiro atoms. The minimum absolute atomic E-state index is 0.393. The molecule has 1 aromatic carbocycles. The van der Waals surface area contributed by atoms with Gasteiger partial charge in [0, 0.05) is 30.6 Å². The number of fused-ring (bicyclic) bond motifs is 1. The Balaban J connectivity index is 2.13. The summed E-state index contributed by atoms with van der Waals surface area (Å²) in [5.74, 6) is 0.523. The molecule has 5 heteroatoms. The van der Waals surface area contributed by atoms with Gasteiger partial charge < -0.3 is 19.6 Å². The number of rotatable bonds is 6. The highest BCUT2D eigenvalue weighted by Crippen LogP contribution is 2.29. The summed E-state index contributed by atoms with van der Waals surface area (Å²) in [6, 6.07) is 7.20. The Morgan fingerprint density at radius 3 is 2.95 bits per heavy atom. The molecule has 2 aromatic rings. The van der Waals surface area contributed by atoms with Crippen molar-refractivity contribution >= 4 is 22.6 Å². The van der Waals surface area contributed by atoms with Crippen LogP contribution in [0.3, 0.4) is 0 Å². The van der Waals surface area contributed by atoms with Crippen molar-refractivity contribution in [1.82, 2.24) is 5.32 Å². The van der Waals surface area contributed by atoms with E-state index in [0.717, 1.165) is 11.0 Å². The number of hydrogen-bond donors (Lipinski definition) is 2. The van der Waals surface area contributed by atoms with Gasteiger partial charge in [0.05, 0.1) is 6.61 Å². The molecule has 0 aliphatic carbocycles. The lowest BCUT2D eigenvalue weighted by atomic mass is 10.0. The zero-order valence-electron chi connectivity index (χ0n) is 11.1. The molecule has 4 nitrogen and oxygen atoms in total. The van der Waals surface area contributed by atoms with Crippen molar-refractivity contribution in [3.63, 3.8) is 0 Å². The average molecular weight is 284 g/mol. The fourth-order valence-corrected chi connectivity index (χ4v) is 2.05. The van der Waals surface area contributed by atoms with Gasteiger partial charge in [0.2, 0.25) is 0 Å². The maximum atomic E-state index is 10.4. The largest absolute Gasteiger partial charge is 0.458 e. The molecule has 0 saturated heterocycles. The van der Waals surface area contributed by atoms with Crippen LogP contribution in [0.2, 0.25) is 5.02 Å². The number of hydrogen-bond acceptors (Lipinski definition) is 4. The molecule has 1 aromatic heterocycles. The lowest BCUT2D eigenvalue weighted by Gasteiger charge is -2.21. The molecule has 19 heavy (non-hydrogen) atoms. The van der Waals surface area contributed by atoms with Gasteiger partial charge in [-0.2, -0.15) is 0 Å². The van der Waals surface area contributed by atoms with Gasteiger partial charge in [-0.15, -0.1) is 0 Å². The first-order valence-electron chi connectivity index (χ1n) is 6.14. The Bertz CT molecular complexity index is 551. The van der Waals surface area contributed by atoms with Crippen molar-refractivity contribution in [2.45, 2.75) is 12.5 Å². The molecule has 1 heterocycles. The van der Waals surface area contributed by atoms with Crippen molar-refractivity contribution in [2.24, 2.45) is 0 Å². The predicted octanol–water partition coefficient (Wildman–Crippen LogP) is 2.53. The molecule has 2 N–H and O–H groups in total. The lowest BCUT2D eigenvalue weighted by molar-refractivity contribution is 0.0344. The number of methoxy groups -OCH3 is 1. The molecule has 0 amide bonds. The topological polar surface area (TPSA) is 54.6 Å². The summed E-state index contributed by atoms with van der Waals surface area (Å²) in [6.07, 6.45) is 0. The molecule has 0 radical (unpaired) electrons. The normalized spacial score (nSPS) is 14.7. The van der Waals surface area contributed by atoms with Crippen molar-refractivity contribution in [3.05, 3.63) is 35.0 Å². The summed E-state index contributed by atoms with van der Waals surface area (Å²) in [7, 11) is 1.64. The fourth-order valence-electron chi connectivity index (χ4n) is 1.87. The second-order valence-corrected chi connectivity index (χ2v) is 5.17. The van der Waals surface area contributed by atoms with E-state index >= 15 is 0 Å². The molecule has 0 aliphatic heterocycles. The smallest absolute Gasteiger partial charge is 0.137 e. The standard InChI is InChI=1S/C14H18ClNO3/c1-14(17,9-16-5-6-18-2)13-8-10-7-11(15)3-4-12(10)19-13/h3-4,7-8,16-17H,5-6,9H2,1-2H3. The zero-order chi connectivity index (χ0) is 13.9. The van der Waals surface area contributed by atoms with E-state index in [4.69, 9.17) is 20.8 Å². The van der Waals surface area contributed by atoms with Crippen molar-refractivity contribution in [1.29, 1.82) is 0 Å². The molecule has 0 saturated carbocycles. The Morgan fingerprint density at radius 2 is 2.21 bits per heavy atom. The van der Waals surface area contributed by atoms with Crippen LogP contribution in [0.25, 0.3) is 11.0 Å². The van der Waals surface area contributed by atoms with E-state index in [0.29, 0.717) is 30.5 Å². The van der Waals surface area contributed by atoms with Gasteiger partial charge in [0.15, 0.2) is 0 Å². The zero-order valence-corrected chi connectivity index (χ0v) is 11.8. The van der Waals surface area contributed by atoms with Crippen LogP contribution in [0, 0.1) is 0 Å². The molecule has 0 fully saturated rings. The highest BCUT2D eigenvalue weighted by Gasteiger charge is 2.27. The second kappa shape index (κ2) is 5.92. The van der Waals surface area contributed by atoms with Gasteiger partial charge in [-0.3, -0.25) is 0 Å². The van der Waals surface area contributed by atoms with E-state index in [1.54, 1.807) is 26.2 Å². The van der Waals surface area contributed by atoms with Crippen LogP contribution in [0.4, 0.5) is 0 Å². The SMILES string of the molecule is COCCNCC(C)(O)c1cc2cc(Cl)ccc2o1. The van der Waals surface area contributed by atoms with Crippen LogP contribution in [-0.2, 0) is 10.3 Å². The first-order chi connectivity index (χ1) is 9.03. The molecule has 104 valence electrons. The van der Waals surface area contributed by atoms with Crippen molar-refractivity contribution in [2.75, 3.05) is 26.8 Å². The summed E-state index contributed by atoms with van der Waals surface area (Å²) in [6.45, 7) is 3.39. The highest BCUT2D eigenvalue weighted by molar-refractivity contribution is 6.31. The van der Waals surface area contributed by atoms with Crippen LogP contribution >= 0.6 is 11.6 Å². The minimum Gasteiger partial charge on any atom is -0.458 e. The molecule has 2 rings (SSSR count). The monoisotopic (exact) mass is 283 g/mol. The fraction of sp³-hybridized carbons (Fsp3) is 0.429. The van der Waals surface area contributed by atoms with Crippen LogP contribution < -0.4 is 5.32 Å². The summed E-state index contributed by atoms with van der Waals surface area (Å²) in [5, 5.41) is 15.1. The lowest BCUT2D eigenvalue weighted by Crippen LogP contribution is -2.36. The van der Waals surface area contributed by atoms with Crippen LogP contribution in [-0.4, -0.2) is 31.9 Å². The third kappa shape index (κ3) is 3.48. The number of nitrogens with one attached hydrogen (secondary N) is 1. The maximum Gasteiger partial charge on any atom is 0.137 e. The summed E-state index contributed by atoms with van der Waals surface area (Å²) >= 11 is 5.93. The molecule has 1 atom stereocenters. The quantitative estimate of drug-likeness (QED) is 0.800. The van der Waals surface area contributed by atoms with Gasteiger partial charge >= 0.3 is 0 Å². The van der Waals surface area contributed by atoms with E-state index in [1.165, 1.54) is 0 Å². The molecule has 0 aliphatic rings. The average Bonchev–Trinajstić information content (AvgIpc) is 2.78. The maximum absolute atomic E-state index is 10.4. The van der Waals surface area contributed by atoms with Gasteiger partial charge in [-0.1, -0.05) is 11.6 Å². The first-order valence-corrected chi connectivity index (χ1v) is 6.52. The summed E-state index contributed by atoms with van der Waals surface area (Å²) in [4.78, 5) is 0. The number of halogens is 1. The van der Waals surface area contributed by atoms with Gasteiger partial charge in [-0.05, 0) is 31.2 Å². The van der Waals surface area contributed by atoms with Gasteiger partial charge in [-0.25, -0.2) is 0 Å². The highest BCUT2D eigenvalue weighted by atomic mass is 35.5. The predicted molar refractivity (Wildman–Crippen MR) is 75.5 cm³/mol. The summed E-state index contributed by atoms with van der Waals surface area (Å²) in [5.41, 5.74) is -0.351. The molecule has 1 unspecified atom stereocenters. The van der Waals surface area contributed by atoms with Gasteiger partial charge in [0.25, 0.3) is 0 Å². The Hall–Kier alpha value is -1.07. The van der Waals surface area contributed by atoms with Crippen molar-refractivity contribution < 1.29 is 14.3 Å². The second-order valence-electron chi connectivity index (χ2n) is 4.74. The molecular formula is C14H18ClNO3.